The highest BCUT2D eigenvalue weighted by atomic mass is 32.2. The molecule has 0 aromatic heterocycles. The number of nitrogens with zero attached hydrogens (tertiary/aromatic N) is 1. The van der Waals surface area contributed by atoms with E-state index in [4.69, 9.17) is 10.5 Å². The molecule has 2 N–H and O–H groups in total. The third kappa shape index (κ3) is 1.79. The van der Waals surface area contributed by atoms with E-state index < -0.39 is 10.0 Å². The van der Waals surface area contributed by atoms with Crippen LogP contribution >= 0.6 is 0 Å². The molecule has 1 aromatic rings. The topological polar surface area (TPSA) is 72.6 Å². The van der Waals surface area contributed by atoms with E-state index in [-0.39, 0.29) is 10.9 Å². The molecule has 0 unspecified atom stereocenters. The normalized spacial score (nSPS) is 18.1. The van der Waals surface area contributed by atoms with Gasteiger partial charge in [0.1, 0.15) is 10.6 Å². The standard InChI is InChI=1S/C10H14N2O3S/c1-15-9-4-2-3-5-10(9)16(13,14)12-6-8(11)7-12/h2-5,8H,6-7,11H2,1H3. The molecule has 0 saturated carbocycles. The summed E-state index contributed by atoms with van der Waals surface area (Å²) in [5, 5.41) is 0. The van der Waals surface area contributed by atoms with Gasteiger partial charge in [-0.25, -0.2) is 8.42 Å². The van der Waals surface area contributed by atoms with Crippen LogP contribution in [0.1, 0.15) is 0 Å². The van der Waals surface area contributed by atoms with Crippen molar-refractivity contribution in [3.63, 3.8) is 0 Å². The van der Waals surface area contributed by atoms with E-state index in [0.717, 1.165) is 0 Å². The number of sulfonamides is 1. The molecule has 0 bridgehead atoms. The van der Waals surface area contributed by atoms with Crippen LogP contribution in [0, 0.1) is 0 Å². The van der Waals surface area contributed by atoms with Crippen LogP contribution in [0.3, 0.4) is 0 Å². The fourth-order valence-electron chi connectivity index (χ4n) is 1.64. The second-order valence-electron chi connectivity index (χ2n) is 3.73. The highest BCUT2D eigenvalue weighted by Crippen LogP contribution is 2.28. The molecule has 0 atom stereocenters. The zero-order valence-corrected chi connectivity index (χ0v) is 9.78. The summed E-state index contributed by atoms with van der Waals surface area (Å²) in [5.74, 6) is 0.364. The average molecular weight is 242 g/mol. The van der Waals surface area contributed by atoms with Crippen LogP contribution in [-0.2, 0) is 10.0 Å². The first kappa shape index (κ1) is 11.4. The van der Waals surface area contributed by atoms with Gasteiger partial charge in [0.2, 0.25) is 10.0 Å². The minimum atomic E-state index is -3.45. The number of methoxy groups -OCH3 is 1. The van der Waals surface area contributed by atoms with Gasteiger partial charge in [0, 0.05) is 19.1 Å². The highest BCUT2D eigenvalue weighted by Gasteiger charge is 2.36. The Morgan fingerprint density at radius 3 is 2.56 bits per heavy atom. The Bertz CT molecular complexity index is 481. The van der Waals surface area contributed by atoms with E-state index in [1.54, 1.807) is 18.2 Å². The van der Waals surface area contributed by atoms with Crippen molar-refractivity contribution in [2.75, 3.05) is 20.2 Å². The molecule has 1 fully saturated rings. The first-order valence-electron chi connectivity index (χ1n) is 4.94. The summed E-state index contributed by atoms with van der Waals surface area (Å²) in [7, 11) is -2.00. The van der Waals surface area contributed by atoms with Gasteiger partial charge in [-0.15, -0.1) is 0 Å². The van der Waals surface area contributed by atoms with Crippen molar-refractivity contribution in [1.29, 1.82) is 0 Å². The third-order valence-electron chi connectivity index (χ3n) is 2.56. The van der Waals surface area contributed by atoms with Crippen molar-refractivity contribution in [3.8, 4) is 5.75 Å². The Morgan fingerprint density at radius 1 is 1.38 bits per heavy atom. The summed E-state index contributed by atoms with van der Waals surface area (Å²) in [6.45, 7) is 0.751. The first-order chi connectivity index (χ1) is 7.55. The number of hydrogen-bond donors (Lipinski definition) is 1. The maximum absolute atomic E-state index is 12.1. The monoisotopic (exact) mass is 242 g/mol. The molecule has 0 spiro atoms. The Hall–Kier alpha value is -1.11. The summed E-state index contributed by atoms with van der Waals surface area (Å²) >= 11 is 0. The fourth-order valence-corrected chi connectivity index (χ4v) is 3.35. The van der Waals surface area contributed by atoms with Gasteiger partial charge in [-0.05, 0) is 12.1 Å². The number of rotatable bonds is 3. The van der Waals surface area contributed by atoms with Crippen molar-refractivity contribution < 1.29 is 13.2 Å². The lowest BCUT2D eigenvalue weighted by molar-refractivity contribution is 0.264. The second-order valence-corrected chi connectivity index (χ2v) is 5.64. The van der Waals surface area contributed by atoms with Gasteiger partial charge >= 0.3 is 0 Å². The molecule has 0 amide bonds. The van der Waals surface area contributed by atoms with E-state index in [1.165, 1.54) is 17.5 Å². The van der Waals surface area contributed by atoms with Gasteiger partial charge in [-0.2, -0.15) is 4.31 Å². The predicted molar refractivity (Wildman–Crippen MR) is 59.7 cm³/mol. The van der Waals surface area contributed by atoms with Crippen LogP contribution in [0.5, 0.6) is 5.75 Å². The number of para-hydroxylation sites is 1. The van der Waals surface area contributed by atoms with Crippen LogP contribution in [0.4, 0.5) is 0 Å². The molecule has 2 rings (SSSR count). The maximum atomic E-state index is 12.1. The summed E-state index contributed by atoms with van der Waals surface area (Å²) in [4.78, 5) is 0.199. The Balaban J connectivity index is 2.36. The van der Waals surface area contributed by atoms with Gasteiger partial charge in [0.15, 0.2) is 0 Å². The van der Waals surface area contributed by atoms with Crippen LogP contribution in [-0.4, -0.2) is 39.0 Å². The molecule has 5 nitrogen and oxygen atoms in total. The second kappa shape index (κ2) is 4.04. The van der Waals surface area contributed by atoms with Gasteiger partial charge in [-0.1, -0.05) is 12.1 Å². The molecule has 0 aliphatic carbocycles. The summed E-state index contributed by atoms with van der Waals surface area (Å²) in [5.41, 5.74) is 5.58. The van der Waals surface area contributed by atoms with Crippen molar-refractivity contribution in [2.45, 2.75) is 10.9 Å². The zero-order chi connectivity index (χ0) is 11.8. The number of nitrogens with two attached hydrogens (primary N) is 1. The minimum absolute atomic E-state index is 0.0514. The smallest absolute Gasteiger partial charge is 0.246 e. The lowest BCUT2D eigenvalue weighted by Crippen LogP contribution is -2.57. The van der Waals surface area contributed by atoms with E-state index >= 15 is 0 Å². The Kier molecular flexibility index (Phi) is 2.88. The van der Waals surface area contributed by atoms with Crippen molar-refractivity contribution in [3.05, 3.63) is 24.3 Å². The quantitative estimate of drug-likeness (QED) is 0.811. The van der Waals surface area contributed by atoms with Crippen molar-refractivity contribution in [2.24, 2.45) is 5.73 Å². The molecule has 1 aliphatic rings. The fraction of sp³-hybridized carbons (Fsp3) is 0.400. The molecule has 0 radical (unpaired) electrons. The molecule has 16 heavy (non-hydrogen) atoms. The van der Waals surface area contributed by atoms with Gasteiger partial charge in [0.05, 0.1) is 7.11 Å². The van der Waals surface area contributed by atoms with Crippen LogP contribution in [0.25, 0.3) is 0 Å². The number of hydrogen-bond acceptors (Lipinski definition) is 4. The average Bonchev–Trinajstić information content (AvgIpc) is 2.24. The molecular weight excluding hydrogens is 228 g/mol. The van der Waals surface area contributed by atoms with E-state index in [2.05, 4.69) is 0 Å². The molecule has 88 valence electrons. The first-order valence-corrected chi connectivity index (χ1v) is 6.38. The van der Waals surface area contributed by atoms with E-state index in [9.17, 15) is 8.42 Å². The molecule has 1 aliphatic heterocycles. The van der Waals surface area contributed by atoms with Crippen LogP contribution in [0.2, 0.25) is 0 Å². The third-order valence-corrected chi connectivity index (χ3v) is 4.43. The Labute approximate surface area is 94.9 Å². The summed E-state index contributed by atoms with van der Waals surface area (Å²) in [6, 6.07) is 6.53. The minimum Gasteiger partial charge on any atom is -0.495 e. The zero-order valence-electron chi connectivity index (χ0n) is 8.96. The lowest BCUT2D eigenvalue weighted by Gasteiger charge is -2.35. The molecule has 1 saturated heterocycles. The largest absolute Gasteiger partial charge is 0.495 e. The SMILES string of the molecule is COc1ccccc1S(=O)(=O)N1CC(N)C1. The van der Waals surface area contributed by atoms with Crippen molar-refractivity contribution in [1.82, 2.24) is 4.31 Å². The van der Waals surface area contributed by atoms with Crippen LogP contribution < -0.4 is 10.5 Å². The highest BCUT2D eigenvalue weighted by molar-refractivity contribution is 7.89. The van der Waals surface area contributed by atoms with Crippen molar-refractivity contribution >= 4 is 10.0 Å². The maximum Gasteiger partial charge on any atom is 0.246 e. The number of benzene rings is 1. The van der Waals surface area contributed by atoms with Gasteiger partial charge in [-0.3, -0.25) is 0 Å². The Morgan fingerprint density at radius 2 is 2.00 bits per heavy atom. The summed E-state index contributed by atoms with van der Waals surface area (Å²) in [6.07, 6.45) is 0. The van der Waals surface area contributed by atoms with Gasteiger partial charge in [0.25, 0.3) is 0 Å². The molecular formula is C10H14N2O3S. The molecule has 6 heteroatoms. The lowest BCUT2D eigenvalue weighted by atomic mass is 10.2. The summed E-state index contributed by atoms with van der Waals surface area (Å²) < 4.78 is 30.7. The molecule has 1 aromatic carbocycles. The van der Waals surface area contributed by atoms with E-state index in [0.29, 0.717) is 18.8 Å². The van der Waals surface area contributed by atoms with E-state index in [1.807, 2.05) is 0 Å². The predicted octanol–water partition coefficient (Wildman–Crippen LogP) is 0.0268. The molecule has 1 heterocycles. The number of ether oxygens (including phenoxy) is 1. The van der Waals surface area contributed by atoms with Crippen LogP contribution in [0.15, 0.2) is 29.2 Å². The van der Waals surface area contributed by atoms with Gasteiger partial charge < -0.3 is 10.5 Å².